The molecule has 124 valence electrons. The van der Waals surface area contributed by atoms with Crippen LogP contribution in [0.15, 0.2) is 46.9 Å². The van der Waals surface area contributed by atoms with E-state index in [1.807, 2.05) is 31.2 Å². The van der Waals surface area contributed by atoms with Gasteiger partial charge in [0.1, 0.15) is 23.8 Å². The lowest BCUT2D eigenvalue weighted by molar-refractivity contribution is 0.0920. The van der Waals surface area contributed by atoms with E-state index in [2.05, 4.69) is 5.32 Å². The molecule has 0 fully saturated rings. The number of hydrogen-bond donors (Lipinski definition) is 1. The molecular formula is C19H18FNO3. The van der Waals surface area contributed by atoms with Crippen molar-refractivity contribution in [2.24, 2.45) is 0 Å². The molecule has 24 heavy (non-hydrogen) atoms. The maximum Gasteiger partial charge on any atom is 0.287 e. The highest BCUT2D eigenvalue weighted by Crippen LogP contribution is 2.25. The Labute approximate surface area is 139 Å². The van der Waals surface area contributed by atoms with E-state index in [9.17, 15) is 9.18 Å². The smallest absolute Gasteiger partial charge is 0.287 e. The summed E-state index contributed by atoms with van der Waals surface area (Å²) in [6, 6.07) is 11.9. The predicted molar refractivity (Wildman–Crippen MR) is 89.9 cm³/mol. The summed E-state index contributed by atoms with van der Waals surface area (Å²) in [6.45, 7) is 4.44. The predicted octanol–water partition coefficient (Wildman–Crippen LogP) is 4.00. The van der Waals surface area contributed by atoms with Gasteiger partial charge in [0.15, 0.2) is 5.76 Å². The second-order valence-electron chi connectivity index (χ2n) is 5.61. The first kappa shape index (κ1) is 16.1. The van der Waals surface area contributed by atoms with E-state index in [1.54, 1.807) is 6.92 Å². The summed E-state index contributed by atoms with van der Waals surface area (Å²) in [4.78, 5) is 12.2. The fourth-order valence-corrected chi connectivity index (χ4v) is 2.46. The van der Waals surface area contributed by atoms with Gasteiger partial charge in [-0.15, -0.1) is 0 Å². The van der Waals surface area contributed by atoms with Crippen molar-refractivity contribution in [3.63, 3.8) is 0 Å². The molecule has 0 saturated carbocycles. The molecule has 3 aromatic rings. The van der Waals surface area contributed by atoms with Crippen LogP contribution >= 0.6 is 0 Å². The standard InChI is InChI=1S/C19H18FNO3/c1-12-3-6-15(7-4-12)23-10-9-21-19(22)18-13(2)16-11-14(20)5-8-17(16)24-18/h3-8,11H,9-10H2,1-2H3,(H,21,22). The monoisotopic (exact) mass is 327 g/mol. The highest BCUT2D eigenvalue weighted by molar-refractivity contribution is 5.98. The summed E-state index contributed by atoms with van der Waals surface area (Å²) in [5.41, 5.74) is 2.28. The molecular weight excluding hydrogens is 309 g/mol. The Bertz CT molecular complexity index is 868. The summed E-state index contributed by atoms with van der Waals surface area (Å²) in [5.74, 6) is 0.262. The van der Waals surface area contributed by atoms with Crippen molar-refractivity contribution < 1.29 is 18.3 Å². The summed E-state index contributed by atoms with van der Waals surface area (Å²) in [5, 5.41) is 3.35. The minimum atomic E-state index is -0.357. The Kier molecular flexibility index (Phi) is 4.51. The molecule has 0 unspecified atom stereocenters. The van der Waals surface area contributed by atoms with Crippen LogP contribution in [0, 0.1) is 19.7 Å². The number of furan rings is 1. The highest BCUT2D eigenvalue weighted by Gasteiger charge is 2.17. The van der Waals surface area contributed by atoms with E-state index in [0.717, 1.165) is 11.3 Å². The van der Waals surface area contributed by atoms with Crippen molar-refractivity contribution in [3.8, 4) is 5.75 Å². The number of amides is 1. The van der Waals surface area contributed by atoms with Gasteiger partial charge >= 0.3 is 0 Å². The molecule has 4 nitrogen and oxygen atoms in total. The third kappa shape index (κ3) is 3.40. The SMILES string of the molecule is Cc1ccc(OCCNC(=O)c2oc3ccc(F)cc3c2C)cc1. The van der Waals surface area contributed by atoms with Crippen molar-refractivity contribution in [2.75, 3.05) is 13.2 Å². The number of carbonyl (C=O) groups is 1. The number of aryl methyl sites for hydroxylation is 2. The molecule has 1 amide bonds. The average Bonchev–Trinajstić information content (AvgIpc) is 2.90. The molecule has 0 atom stereocenters. The molecule has 1 aromatic heterocycles. The molecule has 2 aromatic carbocycles. The lowest BCUT2D eigenvalue weighted by Gasteiger charge is -2.07. The Morgan fingerprint density at radius 2 is 1.92 bits per heavy atom. The quantitative estimate of drug-likeness (QED) is 0.721. The topological polar surface area (TPSA) is 51.5 Å². The van der Waals surface area contributed by atoms with Gasteiger partial charge in [-0.1, -0.05) is 17.7 Å². The molecule has 0 aliphatic heterocycles. The number of nitrogens with one attached hydrogen (secondary N) is 1. The minimum Gasteiger partial charge on any atom is -0.492 e. The molecule has 0 saturated heterocycles. The Balaban J connectivity index is 1.59. The third-order valence-corrected chi connectivity index (χ3v) is 3.78. The van der Waals surface area contributed by atoms with Crippen LogP contribution in [0.1, 0.15) is 21.7 Å². The van der Waals surface area contributed by atoms with Crippen LogP contribution in [-0.4, -0.2) is 19.1 Å². The number of rotatable bonds is 5. The van der Waals surface area contributed by atoms with E-state index in [4.69, 9.17) is 9.15 Å². The number of halogens is 1. The number of hydrogen-bond acceptors (Lipinski definition) is 3. The van der Waals surface area contributed by atoms with Gasteiger partial charge in [0.25, 0.3) is 5.91 Å². The molecule has 0 spiro atoms. The van der Waals surface area contributed by atoms with Crippen LogP contribution in [-0.2, 0) is 0 Å². The second-order valence-corrected chi connectivity index (χ2v) is 5.61. The first-order valence-corrected chi connectivity index (χ1v) is 7.71. The van der Waals surface area contributed by atoms with Gasteiger partial charge in [-0.25, -0.2) is 4.39 Å². The molecule has 1 N–H and O–H groups in total. The van der Waals surface area contributed by atoms with E-state index in [0.29, 0.717) is 29.7 Å². The van der Waals surface area contributed by atoms with E-state index < -0.39 is 0 Å². The average molecular weight is 327 g/mol. The summed E-state index contributed by atoms with van der Waals surface area (Å²) in [6.07, 6.45) is 0. The van der Waals surface area contributed by atoms with Crippen molar-refractivity contribution in [3.05, 3.63) is 65.2 Å². The molecule has 5 heteroatoms. The first-order valence-electron chi connectivity index (χ1n) is 7.71. The molecule has 0 radical (unpaired) electrons. The summed E-state index contributed by atoms with van der Waals surface area (Å²) < 4.78 is 24.4. The van der Waals surface area contributed by atoms with Gasteiger partial charge in [0.05, 0.1) is 6.54 Å². The maximum absolute atomic E-state index is 13.3. The van der Waals surface area contributed by atoms with Crippen LogP contribution < -0.4 is 10.1 Å². The Morgan fingerprint density at radius 3 is 2.67 bits per heavy atom. The maximum atomic E-state index is 13.3. The third-order valence-electron chi connectivity index (χ3n) is 3.78. The second kappa shape index (κ2) is 6.74. The van der Waals surface area contributed by atoms with Crippen molar-refractivity contribution >= 4 is 16.9 Å². The van der Waals surface area contributed by atoms with Crippen molar-refractivity contribution in [1.82, 2.24) is 5.32 Å². The van der Waals surface area contributed by atoms with Crippen LogP contribution in [0.3, 0.4) is 0 Å². The van der Waals surface area contributed by atoms with Crippen LogP contribution in [0.25, 0.3) is 11.0 Å². The van der Waals surface area contributed by atoms with Gasteiger partial charge in [-0.2, -0.15) is 0 Å². The molecule has 1 heterocycles. The molecule has 0 aliphatic carbocycles. The van der Waals surface area contributed by atoms with Crippen molar-refractivity contribution in [2.45, 2.75) is 13.8 Å². The first-order chi connectivity index (χ1) is 11.5. The van der Waals surface area contributed by atoms with E-state index in [-0.39, 0.29) is 17.5 Å². The van der Waals surface area contributed by atoms with E-state index >= 15 is 0 Å². The normalized spacial score (nSPS) is 10.8. The Morgan fingerprint density at radius 1 is 1.17 bits per heavy atom. The fraction of sp³-hybridized carbons (Fsp3) is 0.211. The van der Waals surface area contributed by atoms with Gasteiger partial charge < -0.3 is 14.5 Å². The number of ether oxygens (including phenoxy) is 1. The lowest BCUT2D eigenvalue weighted by Crippen LogP contribution is -2.28. The summed E-state index contributed by atoms with van der Waals surface area (Å²) in [7, 11) is 0. The number of benzene rings is 2. The van der Waals surface area contributed by atoms with Gasteiger partial charge in [0.2, 0.25) is 0 Å². The van der Waals surface area contributed by atoms with E-state index in [1.165, 1.54) is 18.2 Å². The minimum absolute atomic E-state index is 0.200. The Hall–Kier alpha value is -2.82. The largest absolute Gasteiger partial charge is 0.492 e. The van der Waals surface area contributed by atoms with Crippen LogP contribution in [0.2, 0.25) is 0 Å². The lowest BCUT2D eigenvalue weighted by atomic mass is 10.1. The van der Waals surface area contributed by atoms with Gasteiger partial charge in [-0.05, 0) is 44.2 Å². The van der Waals surface area contributed by atoms with Crippen molar-refractivity contribution in [1.29, 1.82) is 0 Å². The zero-order valence-electron chi connectivity index (χ0n) is 13.6. The number of carbonyl (C=O) groups excluding carboxylic acids is 1. The molecule has 3 rings (SSSR count). The van der Waals surface area contributed by atoms with Crippen LogP contribution in [0.4, 0.5) is 4.39 Å². The van der Waals surface area contributed by atoms with Gasteiger partial charge in [-0.3, -0.25) is 4.79 Å². The molecule has 0 aliphatic rings. The zero-order valence-corrected chi connectivity index (χ0v) is 13.6. The van der Waals surface area contributed by atoms with Crippen LogP contribution in [0.5, 0.6) is 5.75 Å². The fourth-order valence-electron chi connectivity index (χ4n) is 2.46. The summed E-state index contributed by atoms with van der Waals surface area (Å²) >= 11 is 0. The molecule has 0 bridgehead atoms. The van der Waals surface area contributed by atoms with Gasteiger partial charge in [0, 0.05) is 10.9 Å². The highest BCUT2D eigenvalue weighted by atomic mass is 19.1. The zero-order chi connectivity index (χ0) is 17.1. The number of fused-ring (bicyclic) bond motifs is 1.